The third-order valence-corrected chi connectivity index (χ3v) is 6.52. The second-order valence-corrected chi connectivity index (χ2v) is 8.90. The first kappa shape index (κ1) is 22.1. The molecule has 5 heteroatoms. The summed E-state index contributed by atoms with van der Waals surface area (Å²) in [4.78, 5) is 28.1. The number of ether oxygens (including phenoxy) is 1. The molecule has 2 aliphatic rings. The first-order valence-corrected chi connectivity index (χ1v) is 11.6. The summed E-state index contributed by atoms with van der Waals surface area (Å²) in [6.45, 7) is 6.60. The molecule has 1 atom stereocenters. The number of Topliss-reactive ketones (excluding diaryl/α,β-unsaturated/α-hetero) is 1. The van der Waals surface area contributed by atoms with Gasteiger partial charge in [-0.25, -0.2) is 0 Å². The zero-order chi connectivity index (χ0) is 22.8. The Morgan fingerprint density at radius 3 is 2.41 bits per heavy atom. The third kappa shape index (κ3) is 3.92. The second-order valence-electron chi connectivity index (χ2n) is 8.90. The highest BCUT2D eigenvalue weighted by Crippen LogP contribution is 2.43. The number of rotatable bonds is 6. The second kappa shape index (κ2) is 9.19. The van der Waals surface area contributed by atoms with Crippen molar-refractivity contribution in [3.63, 3.8) is 0 Å². The van der Waals surface area contributed by atoms with Crippen molar-refractivity contribution in [2.75, 3.05) is 6.61 Å². The van der Waals surface area contributed by atoms with E-state index in [-0.39, 0.29) is 23.3 Å². The number of amides is 1. The lowest BCUT2D eigenvalue weighted by molar-refractivity contribution is -0.141. The van der Waals surface area contributed by atoms with Gasteiger partial charge in [0.25, 0.3) is 11.7 Å². The summed E-state index contributed by atoms with van der Waals surface area (Å²) in [5, 5.41) is 11.4. The molecule has 1 saturated heterocycles. The molecule has 2 aromatic carbocycles. The number of benzene rings is 2. The van der Waals surface area contributed by atoms with Gasteiger partial charge in [0.2, 0.25) is 0 Å². The molecule has 32 heavy (non-hydrogen) atoms. The summed E-state index contributed by atoms with van der Waals surface area (Å²) >= 11 is 0. The Hall–Kier alpha value is -3.08. The number of hydrogen-bond acceptors (Lipinski definition) is 4. The molecule has 168 valence electrons. The Morgan fingerprint density at radius 1 is 1.09 bits per heavy atom. The van der Waals surface area contributed by atoms with Gasteiger partial charge in [-0.1, -0.05) is 57.0 Å². The number of aliphatic hydroxyl groups excluding tert-OH is 1. The van der Waals surface area contributed by atoms with Crippen LogP contribution in [0.15, 0.2) is 54.1 Å². The van der Waals surface area contributed by atoms with Gasteiger partial charge in [-0.05, 0) is 55.0 Å². The number of nitrogens with zero attached hydrogens (tertiary/aromatic N) is 1. The molecule has 1 aliphatic heterocycles. The zero-order valence-electron chi connectivity index (χ0n) is 19.0. The minimum atomic E-state index is -0.608. The van der Waals surface area contributed by atoms with Crippen LogP contribution in [0.4, 0.5) is 0 Å². The van der Waals surface area contributed by atoms with Gasteiger partial charge < -0.3 is 14.7 Å². The molecule has 1 amide bonds. The Balaban J connectivity index is 1.86. The molecular weight excluding hydrogens is 402 g/mol. The molecule has 0 aromatic heterocycles. The quantitative estimate of drug-likeness (QED) is 0.367. The van der Waals surface area contributed by atoms with Crippen molar-refractivity contribution in [3.05, 3.63) is 70.8 Å². The topological polar surface area (TPSA) is 66.8 Å². The van der Waals surface area contributed by atoms with E-state index in [1.807, 2.05) is 49.4 Å². The van der Waals surface area contributed by atoms with Crippen molar-refractivity contribution in [1.29, 1.82) is 0 Å². The highest BCUT2D eigenvalue weighted by Gasteiger charge is 2.49. The Kier molecular flexibility index (Phi) is 6.35. The standard InChI is InChI=1S/C27H31NO4/c1-4-32-22-15-14-19(16-21(22)17(2)3)25(29)23-24(18-10-6-5-7-11-18)28(27(31)26(23)30)20-12-8-9-13-20/h5-7,10-11,14-17,20,24,29H,4,8-9,12-13H2,1-3H3/b25-23-. The largest absolute Gasteiger partial charge is 0.507 e. The van der Waals surface area contributed by atoms with E-state index in [9.17, 15) is 14.7 Å². The Bertz CT molecular complexity index is 1030. The van der Waals surface area contributed by atoms with Crippen LogP contribution in [0.5, 0.6) is 5.75 Å². The van der Waals surface area contributed by atoms with Crippen LogP contribution in [0.3, 0.4) is 0 Å². The van der Waals surface area contributed by atoms with Crippen molar-refractivity contribution in [2.45, 2.75) is 64.5 Å². The van der Waals surface area contributed by atoms with Crippen LogP contribution in [0.1, 0.15) is 75.1 Å². The zero-order valence-corrected chi connectivity index (χ0v) is 19.0. The molecule has 1 unspecified atom stereocenters. The SMILES string of the molecule is CCOc1ccc(/C(O)=C2/C(=O)C(=O)N(C3CCCC3)C2c2ccccc2)cc1C(C)C. The molecular formula is C27H31NO4. The van der Waals surface area contributed by atoms with Crippen LogP contribution in [0.2, 0.25) is 0 Å². The van der Waals surface area contributed by atoms with Gasteiger partial charge in [0, 0.05) is 11.6 Å². The fourth-order valence-corrected chi connectivity index (χ4v) is 4.96. The summed E-state index contributed by atoms with van der Waals surface area (Å²) < 4.78 is 5.74. The maximum absolute atomic E-state index is 13.2. The first-order valence-electron chi connectivity index (χ1n) is 11.6. The maximum Gasteiger partial charge on any atom is 0.295 e. The minimum Gasteiger partial charge on any atom is -0.507 e. The highest BCUT2D eigenvalue weighted by atomic mass is 16.5. The molecule has 5 nitrogen and oxygen atoms in total. The van der Waals surface area contributed by atoms with Gasteiger partial charge >= 0.3 is 0 Å². The van der Waals surface area contributed by atoms with Crippen molar-refractivity contribution >= 4 is 17.4 Å². The van der Waals surface area contributed by atoms with E-state index in [4.69, 9.17) is 4.74 Å². The summed E-state index contributed by atoms with van der Waals surface area (Å²) in [6.07, 6.45) is 3.87. The minimum absolute atomic E-state index is 0.0218. The molecule has 0 spiro atoms. The van der Waals surface area contributed by atoms with E-state index in [1.54, 1.807) is 11.0 Å². The first-order chi connectivity index (χ1) is 15.4. The van der Waals surface area contributed by atoms with Crippen LogP contribution >= 0.6 is 0 Å². The molecule has 2 aromatic rings. The molecule has 1 saturated carbocycles. The van der Waals surface area contributed by atoms with Crippen molar-refractivity contribution in [2.24, 2.45) is 0 Å². The predicted octanol–water partition coefficient (Wildman–Crippen LogP) is 5.57. The summed E-state index contributed by atoms with van der Waals surface area (Å²) in [6, 6.07) is 14.5. The molecule has 1 heterocycles. The van der Waals surface area contributed by atoms with E-state index in [0.717, 1.165) is 42.6 Å². The normalized spacial score (nSPS) is 21.0. The summed E-state index contributed by atoms with van der Waals surface area (Å²) in [7, 11) is 0. The van der Waals surface area contributed by atoms with Gasteiger partial charge in [-0.2, -0.15) is 0 Å². The maximum atomic E-state index is 13.2. The summed E-state index contributed by atoms with van der Waals surface area (Å²) in [5.74, 6) is -0.298. The Morgan fingerprint density at radius 2 is 1.78 bits per heavy atom. The monoisotopic (exact) mass is 433 g/mol. The number of ketones is 1. The molecule has 0 bridgehead atoms. The van der Waals surface area contributed by atoms with E-state index < -0.39 is 17.7 Å². The lowest BCUT2D eigenvalue weighted by atomic mass is 9.93. The lowest BCUT2D eigenvalue weighted by Gasteiger charge is -2.30. The summed E-state index contributed by atoms with van der Waals surface area (Å²) in [5.41, 5.74) is 2.50. The number of aliphatic hydroxyl groups is 1. The van der Waals surface area contributed by atoms with Gasteiger partial charge in [0.1, 0.15) is 11.5 Å². The smallest absolute Gasteiger partial charge is 0.295 e. The lowest BCUT2D eigenvalue weighted by Crippen LogP contribution is -2.37. The average molecular weight is 434 g/mol. The molecule has 4 rings (SSSR count). The average Bonchev–Trinajstić information content (AvgIpc) is 3.41. The number of hydrogen-bond donors (Lipinski definition) is 1. The number of carbonyl (C=O) groups excluding carboxylic acids is 2. The molecule has 1 aliphatic carbocycles. The van der Waals surface area contributed by atoms with Crippen LogP contribution in [-0.4, -0.2) is 34.3 Å². The van der Waals surface area contributed by atoms with E-state index >= 15 is 0 Å². The Labute approximate surface area is 189 Å². The fraction of sp³-hybridized carbons (Fsp3) is 0.407. The van der Waals surface area contributed by atoms with Gasteiger partial charge in [0.05, 0.1) is 18.2 Å². The van der Waals surface area contributed by atoms with Crippen LogP contribution < -0.4 is 4.74 Å². The van der Waals surface area contributed by atoms with E-state index in [1.165, 1.54) is 0 Å². The predicted molar refractivity (Wildman–Crippen MR) is 125 cm³/mol. The number of likely N-dealkylation sites (tertiary alicyclic amines) is 1. The van der Waals surface area contributed by atoms with E-state index in [0.29, 0.717) is 12.2 Å². The van der Waals surface area contributed by atoms with Crippen LogP contribution in [-0.2, 0) is 9.59 Å². The third-order valence-electron chi connectivity index (χ3n) is 6.52. The van der Waals surface area contributed by atoms with Gasteiger partial charge in [-0.15, -0.1) is 0 Å². The van der Waals surface area contributed by atoms with Crippen molar-refractivity contribution in [3.8, 4) is 5.75 Å². The molecule has 1 N–H and O–H groups in total. The highest BCUT2D eigenvalue weighted by molar-refractivity contribution is 6.46. The van der Waals surface area contributed by atoms with Crippen LogP contribution in [0, 0.1) is 0 Å². The van der Waals surface area contributed by atoms with E-state index in [2.05, 4.69) is 13.8 Å². The van der Waals surface area contributed by atoms with Gasteiger partial charge in [-0.3, -0.25) is 9.59 Å². The molecule has 2 fully saturated rings. The fourth-order valence-electron chi connectivity index (χ4n) is 4.96. The van der Waals surface area contributed by atoms with Crippen molar-refractivity contribution < 1.29 is 19.4 Å². The van der Waals surface area contributed by atoms with Crippen molar-refractivity contribution in [1.82, 2.24) is 4.90 Å². The number of carbonyl (C=O) groups is 2. The van der Waals surface area contributed by atoms with Gasteiger partial charge in [0.15, 0.2) is 0 Å². The van der Waals surface area contributed by atoms with Crippen LogP contribution in [0.25, 0.3) is 5.76 Å². The molecule has 0 radical (unpaired) electrons.